The van der Waals surface area contributed by atoms with Crippen molar-refractivity contribution in [1.82, 2.24) is 4.90 Å². The van der Waals surface area contributed by atoms with Crippen LogP contribution < -0.4 is 4.74 Å². The summed E-state index contributed by atoms with van der Waals surface area (Å²) in [7, 11) is 0. The fourth-order valence-electron chi connectivity index (χ4n) is 5.08. The van der Waals surface area contributed by atoms with E-state index in [2.05, 4.69) is 6.58 Å². The van der Waals surface area contributed by atoms with Crippen LogP contribution in [0.3, 0.4) is 0 Å². The van der Waals surface area contributed by atoms with E-state index in [9.17, 15) is 9.59 Å². The maximum Gasteiger partial charge on any atom is 0.417 e. The fourth-order valence-corrected chi connectivity index (χ4v) is 5.08. The lowest BCUT2D eigenvalue weighted by Crippen LogP contribution is -2.43. The maximum absolute atomic E-state index is 14.2. The van der Waals surface area contributed by atoms with Gasteiger partial charge in [-0.2, -0.15) is 0 Å². The van der Waals surface area contributed by atoms with E-state index in [1.54, 1.807) is 0 Å². The number of allylic oxidation sites excluding steroid dienone is 1. The van der Waals surface area contributed by atoms with Crippen molar-refractivity contribution in [3.05, 3.63) is 138 Å². The second-order valence-corrected chi connectivity index (χ2v) is 10.3. The monoisotopic (exact) mass is 531 g/mol. The summed E-state index contributed by atoms with van der Waals surface area (Å²) < 4.78 is 11.6. The van der Waals surface area contributed by atoms with Gasteiger partial charge in [0.2, 0.25) is 5.91 Å². The van der Waals surface area contributed by atoms with Gasteiger partial charge in [-0.25, -0.2) is 9.69 Å². The van der Waals surface area contributed by atoms with Crippen LogP contribution in [0.4, 0.5) is 4.79 Å². The molecule has 1 aliphatic heterocycles. The molecule has 2 amide bonds. The molecule has 0 aliphatic carbocycles. The zero-order chi connectivity index (χ0) is 27.9. The lowest BCUT2D eigenvalue weighted by Gasteiger charge is -2.26. The van der Waals surface area contributed by atoms with Gasteiger partial charge in [0.1, 0.15) is 19.0 Å². The highest BCUT2D eigenvalue weighted by molar-refractivity contribution is 5.97. The van der Waals surface area contributed by atoms with Crippen LogP contribution in [-0.2, 0) is 22.6 Å². The van der Waals surface area contributed by atoms with Gasteiger partial charge in [0, 0.05) is 0 Å². The molecule has 5 rings (SSSR count). The van der Waals surface area contributed by atoms with Crippen molar-refractivity contribution in [2.45, 2.75) is 38.3 Å². The SMILES string of the molecule is C=C(C)C[C@@H](C(=O)N1C(=O)OC[C@H]1Cc1ccccc1)c1cc(OCc2ccccc2)cc(-c2ccccc2)c1. The van der Waals surface area contributed by atoms with Crippen molar-refractivity contribution < 1.29 is 19.1 Å². The van der Waals surface area contributed by atoms with Crippen molar-refractivity contribution in [3.63, 3.8) is 0 Å². The first-order valence-corrected chi connectivity index (χ1v) is 13.5. The summed E-state index contributed by atoms with van der Waals surface area (Å²) in [5.74, 6) is -0.251. The van der Waals surface area contributed by atoms with Gasteiger partial charge in [-0.15, -0.1) is 6.58 Å². The molecular weight excluding hydrogens is 498 g/mol. The number of carbonyl (C=O) groups excluding carboxylic acids is 2. The smallest absolute Gasteiger partial charge is 0.417 e. The zero-order valence-electron chi connectivity index (χ0n) is 22.7. The zero-order valence-corrected chi connectivity index (χ0v) is 22.7. The summed E-state index contributed by atoms with van der Waals surface area (Å²) in [5.41, 5.74) is 5.66. The van der Waals surface area contributed by atoms with Crippen LogP contribution in [0.5, 0.6) is 5.75 Å². The third-order valence-corrected chi connectivity index (χ3v) is 7.05. The number of nitrogens with zero attached hydrogens (tertiary/aromatic N) is 1. The Morgan fingerprint density at radius 3 is 2.17 bits per heavy atom. The fraction of sp³-hybridized carbons (Fsp3) is 0.200. The second-order valence-electron chi connectivity index (χ2n) is 10.3. The summed E-state index contributed by atoms with van der Waals surface area (Å²) in [5, 5.41) is 0. The lowest BCUT2D eigenvalue weighted by molar-refractivity contribution is -0.130. The van der Waals surface area contributed by atoms with Crippen molar-refractivity contribution in [2.24, 2.45) is 0 Å². The van der Waals surface area contributed by atoms with Gasteiger partial charge in [-0.05, 0) is 59.7 Å². The second kappa shape index (κ2) is 12.5. The minimum atomic E-state index is -0.621. The molecule has 5 heteroatoms. The van der Waals surface area contributed by atoms with Gasteiger partial charge < -0.3 is 9.47 Å². The molecule has 202 valence electrons. The number of hydrogen-bond acceptors (Lipinski definition) is 4. The highest BCUT2D eigenvalue weighted by Crippen LogP contribution is 2.35. The Morgan fingerprint density at radius 1 is 0.900 bits per heavy atom. The van der Waals surface area contributed by atoms with E-state index in [1.807, 2.05) is 116 Å². The summed E-state index contributed by atoms with van der Waals surface area (Å²) in [4.78, 5) is 28.4. The molecule has 1 aliphatic rings. The number of ether oxygens (including phenoxy) is 2. The Morgan fingerprint density at radius 2 is 1.52 bits per heavy atom. The van der Waals surface area contributed by atoms with Crippen LogP contribution in [0.2, 0.25) is 0 Å². The molecule has 0 spiro atoms. The van der Waals surface area contributed by atoms with Crippen molar-refractivity contribution in [1.29, 1.82) is 0 Å². The van der Waals surface area contributed by atoms with E-state index in [4.69, 9.17) is 9.47 Å². The molecule has 0 radical (unpaired) electrons. The molecule has 1 saturated heterocycles. The highest BCUT2D eigenvalue weighted by Gasteiger charge is 2.41. The Bertz CT molecular complexity index is 1470. The van der Waals surface area contributed by atoms with E-state index >= 15 is 0 Å². The first-order valence-electron chi connectivity index (χ1n) is 13.5. The summed E-state index contributed by atoms with van der Waals surface area (Å²) in [6.07, 6.45) is 0.336. The van der Waals surface area contributed by atoms with Gasteiger partial charge in [-0.1, -0.05) is 103 Å². The van der Waals surface area contributed by atoms with E-state index in [-0.39, 0.29) is 18.6 Å². The van der Waals surface area contributed by atoms with Gasteiger partial charge in [-0.3, -0.25) is 4.79 Å². The van der Waals surface area contributed by atoms with E-state index in [0.717, 1.165) is 33.4 Å². The Balaban J connectivity index is 1.50. The topological polar surface area (TPSA) is 55.8 Å². The molecule has 4 aromatic carbocycles. The minimum absolute atomic E-state index is 0.175. The molecular formula is C35H33NO4. The number of hydrogen-bond donors (Lipinski definition) is 0. The number of imide groups is 1. The number of benzene rings is 4. The quantitative estimate of drug-likeness (QED) is 0.198. The molecule has 0 saturated carbocycles. The maximum atomic E-state index is 14.2. The molecule has 1 heterocycles. The third kappa shape index (κ3) is 6.49. The summed E-state index contributed by atoms with van der Waals surface area (Å²) >= 11 is 0. The van der Waals surface area contributed by atoms with Gasteiger partial charge in [0.05, 0.1) is 12.0 Å². The standard InChI is InChI=1S/C35H33NO4/c1-25(2)18-33(34(37)36-31(24-40-35(36)38)19-26-12-6-3-7-13-26)30-20-29(28-16-10-5-11-17-28)21-32(22-30)39-23-27-14-8-4-9-15-27/h3-17,20-22,31,33H,1,18-19,23-24H2,2H3/t31-,33-/m1/s1. The van der Waals surface area contributed by atoms with Crippen LogP contribution in [0.15, 0.2) is 121 Å². The molecule has 40 heavy (non-hydrogen) atoms. The minimum Gasteiger partial charge on any atom is -0.489 e. The molecule has 5 nitrogen and oxygen atoms in total. The number of rotatable bonds is 10. The number of cyclic esters (lactones) is 1. The van der Waals surface area contributed by atoms with Crippen molar-refractivity contribution >= 4 is 12.0 Å². The van der Waals surface area contributed by atoms with Crippen LogP contribution in [0.25, 0.3) is 11.1 Å². The average molecular weight is 532 g/mol. The van der Waals surface area contributed by atoms with Crippen LogP contribution in [-0.4, -0.2) is 29.5 Å². The van der Waals surface area contributed by atoms with E-state index in [0.29, 0.717) is 25.2 Å². The molecule has 0 bridgehead atoms. The van der Waals surface area contributed by atoms with Crippen LogP contribution in [0, 0.1) is 0 Å². The van der Waals surface area contributed by atoms with Gasteiger partial charge >= 0.3 is 6.09 Å². The van der Waals surface area contributed by atoms with Crippen molar-refractivity contribution in [3.8, 4) is 16.9 Å². The largest absolute Gasteiger partial charge is 0.489 e. The van der Waals surface area contributed by atoms with Gasteiger partial charge in [0.25, 0.3) is 0 Å². The molecule has 2 atom stereocenters. The summed E-state index contributed by atoms with van der Waals surface area (Å²) in [6, 6.07) is 35.4. The predicted octanol–water partition coefficient (Wildman–Crippen LogP) is 7.57. The van der Waals surface area contributed by atoms with E-state index < -0.39 is 12.0 Å². The first kappa shape index (κ1) is 26.9. The molecule has 1 fully saturated rings. The Labute approximate surface area is 235 Å². The van der Waals surface area contributed by atoms with Crippen LogP contribution >= 0.6 is 0 Å². The average Bonchev–Trinajstić information content (AvgIpc) is 3.35. The van der Waals surface area contributed by atoms with Gasteiger partial charge in [0.15, 0.2) is 0 Å². The molecule has 0 aromatic heterocycles. The van der Waals surface area contributed by atoms with E-state index in [1.165, 1.54) is 4.90 Å². The third-order valence-electron chi connectivity index (χ3n) is 7.05. The first-order chi connectivity index (χ1) is 19.5. The molecule has 0 unspecified atom stereocenters. The Kier molecular flexibility index (Phi) is 8.41. The van der Waals surface area contributed by atoms with Crippen molar-refractivity contribution in [2.75, 3.05) is 6.61 Å². The number of amides is 2. The van der Waals surface area contributed by atoms with Crippen LogP contribution in [0.1, 0.15) is 36.0 Å². The lowest BCUT2D eigenvalue weighted by atomic mass is 9.88. The predicted molar refractivity (Wildman–Crippen MR) is 157 cm³/mol. The summed E-state index contributed by atoms with van der Waals surface area (Å²) in [6.45, 7) is 6.57. The Hall–Kier alpha value is -4.64. The highest BCUT2D eigenvalue weighted by atomic mass is 16.6. The molecule has 0 N–H and O–H groups in total. The molecule has 4 aromatic rings. The number of carbonyl (C=O) groups is 2. The normalized spacial score (nSPS) is 15.4.